The fourth-order valence-corrected chi connectivity index (χ4v) is 4.08. The van der Waals surface area contributed by atoms with Gasteiger partial charge >= 0.3 is 5.97 Å². The molecule has 0 bridgehead atoms. The van der Waals surface area contributed by atoms with Gasteiger partial charge < -0.3 is 10.4 Å². The molecule has 0 amide bonds. The van der Waals surface area contributed by atoms with E-state index < -0.39 is 5.97 Å². The molecular formula is C16H20N2O2S. The van der Waals surface area contributed by atoms with Crippen LogP contribution in [0.4, 0.5) is 5.00 Å². The molecule has 112 valence electrons. The summed E-state index contributed by atoms with van der Waals surface area (Å²) in [5.41, 5.74) is 0.899. The molecule has 1 aliphatic carbocycles. The second-order valence-electron chi connectivity index (χ2n) is 6.01. The zero-order chi connectivity index (χ0) is 14.7. The molecule has 0 aliphatic heterocycles. The van der Waals surface area contributed by atoms with Crippen LogP contribution >= 0.6 is 11.5 Å². The fourth-order valence-electron chi connectivity index (χ4n) is 3.32. The number of aromatic nitrogens is 1. The highest BCUT2D eigenvalue weighted by Gasteiger charge is 2.34. The maximum atomic E-state index is 11.2. The normalized spacial score (nSPS) is 17.7. The number of carboxylic acid groups (broad SMARTS) is 1. The van der Waals surface area contributed by atoms with Crippen LogP contribution in [0.2, 0.25) is 0 Å². The summed E-state index contributed by atoms with van der Waals surface area (Å²) in [6.07, 6.45) is 5.77. The molecule has 1 aromatic carbocycles. The average Bonchev–Trinajstić information content (AvgIpc) is 2.89. The largest absolute Gasteiger partial charge is 0.481 e. The van der Waals surface area contributed by atoms with E-state index in [1.165, 1.54) is 18.0 Å². The number of nitrogens with one attached hydrogen (secondary N) is 1. The quantitative estimate of drug-likeness (QED) is 0.871. The molecule has 0 saturated heterocycles. The Morgan fingerprint density at radius 3 is 2.81 bits per heavy atom. The van der Waals surface area contributed by atoms with Gasteiger partial charge in [0.15, 0.2) is 0 Å². The summed E-state index contributed by atoms with van der Waals surface area (Å²) >= 11 is 1.46. The first-order chi connectivity index (χ1) is 10.2. The minimum atomic E-state index is -0.687. The molecule has 2 aromatic rings. The SMILES string of the molecule is O=C(O)CC1(CNc2snc3ccccc23)CCCCC1. The number of nitrogens with zero attached hydrogens (tertiary/aromatic N) is 1. The first-order valence-electron chi connectivity index (χ1n) is 7.49. The van der Waals surface area contributed by atoms with Crippen molar-refractivity contribution in [2.45, 2.75) is 38.5 Å². The molecule has 0 spiro atoms. The molecular weight excluding hydrogens is 284 g/mol. The molecule has 0 radical (unpaired) electrons. The van der Waals surface area contributed by atoms with E-state index in [-0.39, 0.29) is 11.8 Å². The molecule has 1 saturated carbocycles. The van der Waals surface area contributed by atoms with Crippen molar-refractivity contribution in [2.24, 2.45) is 5.41 Å². The highest BCUT2D eigenvalue weighted by molar-refractivity contribution is 7.11. The third-order valence-corrected chi connectivity index (χ3v) is 5.28. The van der Waals surface area contributed by atoms with Gasteiger partial charge in [-0.25, -0.2) is 0 Å². The lowest BCUT2D eigenvalue weighted by atomic mass is 9.72. The van der Waals surface area contributed by atoms with Crippen molar-refractivity contribution in [2.75, 3.05) is 11.9 Å². The van der Waals surface area contributed by atoms with Crippen LogP contribution in [0.1, 0.15) is 38.5 Å². The molecule has 21 heavy (non-hydrogen) atoms. The minimum Gasteiger partial charge on any atom is -0.481 e. The molecule has 1 fully saturated rings. The Balaban J connectivity index is 1.75. The summed E-state index contributed by atoms with van der Waals surface area (Å²) in [7, 11) is 0. The number of carbonyl (C=O) groups is 1. The lowest BCUT2D eigenvalue weighted by Gasteiger charge is -2.36. The van der Waals surface area contributed by atoms with Crippen LogP contribution in [0, 0.1) is 5.41 Å². The molecule has 4 nitrogen and oxygen atoms in total. The monoisotopic (exact) mass is 304 g/mol. The summed E-state index contributed by atoms with van der Waals surface area (Å²) in [5, 5.41) is 14.9. The third kappa shape index (κ3) is 3.18. The summed E-state index contributed by atoms with van der Waals surface area (Å²) in [5.74, 6) is -0.687. The van der Waals surface area contributed by atoms with E-state index >= 15 is 0 Å². The highest BCUT2D eigenvalue weighted by Crippen LogP contribution is 2.40. The Bertz CT molecular complexity index is 632. The lowest BCUT2D eigenvalue weighted by molar-refractivity contribution is -0.140. The Hall–Kier alpha value is -1.62. The van der Waals surface area contributed by atoms with Gasteiger partial charge in [0.2, 0.25) is 0 Å². The third-order valence-electron chi connectivity index (χ3n) is 4.45. The van der Waals surface area contributed by atoms with Gasteiger partial charge in [-0.15, -0.1) is 0 Å². The highest BCUT2D eigenvalue weighted by atomic mass is 32.1. The predicted octanol–water partition coefficient (Wildman–Crippen LogP) is 4.13. The smallest absolute Gasteiger partial charge is 0.303 e. The van der Waals surface area contributed by atoms with Crippen LogP contribution in [0.15, 0.2) is 24.3 Å². The van der Waals surface area contributed by atoms with E-state index in [1.807, 2.05) is 18.2 Å². The van der Waals surface area contributed by atoms with Crippen LogP contribution < -0.4 is 5.32 Å². The first kappa shape index (κ1) is 14.3. The van der Waals surface area contributed by atoms with Gasteiger partial charge in [-0.05, 0) is 41.9 Å². The number of hydrogen-bond donors (Lipinski definition) is 2. The van der Waals surface area contributed by atoms with E-state index in [4.69, 9.17) is 0 Å². The van der Waals surface area contributed by atoms with Crippen molar-refractivity contribution >= 4 is 33.4 Å². The molecule has 0 atom stereocenters. The number of fused-ring (bicyclic) bond motifs is 1. The van der Waals surface area contributed by atoms with E-state index in [0.717, 1.165) is 48.1 Å². The summed E-state index contributed by atoms with van der Waals surface area (Å²) < 4.78 is 4.43. The minimum absolute atomic E-state index is 0.102. The Kier molecular flexibility index (Phi) is 4.10. The molecule has 1 aromatic heterocycles. The van der Waals surface area contributed by atoms with Gasteiger partial charge in [-0.2, -0.15) is 4.37 Å². The Morgan fingerprint density at radius 2 is 2.05 bits per heavy atom. The first-order valence-corrected chi connectivity index (χ1v) is 8.26. The van der Waals surface area contributed by atoms with E-state index in [1.54, 1.807) is 0 Å². The average molecular weight is 304 g/mol. The Morgan fingerprint density at radius 1 is 1.29 bits per heavy atom. The van der Waals surface area contributed by atoms with Crippen molar-refractivity contribution < 1.29 is 9.90 Å². The molecule has 3 rings (SSSR count). The van der Waals surface area contributed by atoms with Crippen LogP contribution in [0.3, 0.4) is 0 Å². The van der Waals surface area contributed by atoms with E-state index in [2.05, 4.69) is 15.8 Å². The number of carboxylic acids is 1. The lowest BCUT2D eigenvalue weighted by Crippen LogP contribution is -2.34. The summed E-state index contributed by atoms with van der Waals surface area (Å²) in [6, 6.07) is 8.06. The van der Waals surface area contributed by atoms with Crippen LogP contribution in [0.5, 0.6) is 0 Å². The predicted molar refractivity (Wildman–Crippen MR) is 85.9 cm³/mol. The van der Waals surface area contributed by atoms with Gasteiger partial charge in [-0.3, -0.25) is 4.79 Å². The van der Waals surface area contributed by atoms with Crippen molar-refractivity contribution in [3.8, 4) is 0 Å². The number of rotatable bonds is 5. The van der Waals surface area contributed by atoms with Gasteiger partial charge in [-0.1, -0.05) is 31.4 Å². The number of benzene rings is 1. The van der Waals surface area contributed by atoms with Crippen molar-refractivity contribution in [1.29, 1.82) is 0 Å². The van der Waals surface area contributed by atoms with Crippen LogP contribution in [0.25, 0.3) is 10.9 Å². The van der Waals surface area contributed by atoms with Gasteiger partial charge in [0, 0.05) is 11.9 Å². The van der Waals surface area contributed by atoms with Gasteiger partial charge in [0.25, 0.3) is 0 Å². The topological polar surface area (TPSA) is 62.2 Å². The molecule has 5 heteroatoms. The van der Waals surface area contributed by atoms with Gasteiger partial charge in [0.05, 0.1) is 11.9 Å². The maximum Gasteiger partial charge on any atom is 0.303 e. The second-order valence-corrected chi connectivity index (χ2v) is 6.79. The second kappa shape index (κ2) is 6.02. The zero-order valence-corrected chi connectivity index (χ0v) is 12.8. The van der Waals surface area contributed by atoms with Crippen LogP contribution in [-0.2, 0) is 4.79 Å². The standard InChI is InChI=1S/C16H20N2O2S/c19-14(20)10-16(8-4-1-5-9-16)11-17-15-12-6-2-3-7-13(12)18-21-15/h2-3,6-7,17H,1,4-5,8-11H2,(H,19,20). The van der Waals surface area contributed by atoms with Crippen molar-refractivity contribution in [3.63, 3.8) is 0 Å². The van der Waals surface area contributed by atoms with Gasteiger partial charge in [0.1, 0.15) is 5.00 Å². The van der Waals surface area contributed by atoms with E-state index in [0.29, 0.717) is 0 Å². The van der Waals surface area contributed by atoms with E-state index in [9.17, 15) is 9.90 Å². The van der Waals surface area contributed by atoms with Crippen LogP contribution in [-0.4, -0.2) is 22.0 Å². The molecule has 1 aliphatic rings. The molecule has 0 unspecified atom stereocenters. The van der Waals surface area contributed by atoms with Crippen molar-refractivity contribution in [3.05, 3.63) is 24.3 Å². The Labute approximate surface area is 128 Å². The number of hydrogen-bond acceptors (Lipinski definition) is 4. The number of aliphatic carboxylic acids is 1. The molecule has 2 N–H and O–H groups in total. The summed E-state index contributed by atoms with van der Waals surface area (Å²) in [6.45, 7) is 0.728. The fraction of sp³-hybridized carbons (Fsp3) is 0.500. The number of anilines is 1. The van der Waals surface area contributed by atoms with Crippen molar-refractivity contribution in [1.82, 2.24) is 4.37 Å². The zero-order valence-electron chi connectivity index (χ0n) is 12.0. The molecule has 1 heterocycles. The summed E-state index contributed by atoms with van der Waals surface area (Å²) in [4.78, 5) is 11.2. The maximum absolute atomic E-state index is 11.2.